The molecule has 0 bridgehead atoms. The van der Waals surface area contributed by atoms with E-state index in [0.29, 0.717) is 19.3 Å². The van der Waals surface area contributed by atoms with Crippen molar-refractivity contribution in [2.45, 2.75) is 264 Å². The Morgan fingerprint density at radius 3 is 1.02 bits per heavy atom. The fraction of sp³-hybridized carbons (Fsp3) is 0.741. The summed E-state index contributed by atoms with van der Waals surface area (Å²) in [6.07, 6.45) is 66.0. The Kier molecular flexibility index (Phi) is 49.9. The Labute approximate surface area is 395 Å². The number of carbonyl (C=O) groups is 3. The van der Waals surface area contributed by atoms with Crippen LogP contribution in [-0.2, 0) is 28.6 Å². The molecule has 0 N–H and O–H groups in total. The molecule has 0 aromatic rings. The summed E-state index contributed by atoms with van der Waals surface area (Å²) in [7, 11) is 0. The van der Waals surface area contributed by atoms with Gasteiger partial charge in [0, 0.05) is 19.3 Å². The van der Waals surface area contributed by atoms with E-state index < -0.39 is 6.10 Å². The highest BCUT2D eigenvalue weighted by Crippen LogP contribution is 2.14. The van der Waals surface area contributed by atoms with E-state index in [1.54, 1.807) is 0 Å². The summed E-state index contributed by atoms with van der Waals surface area (Å²) in [5.74, 6) is -0.927. The molecule has 6 nitrogen and oxygen atoms in total. The van der Waals surface area contributed by atoms with E-state index in [0.717, 1.165) is 103 Å². The lowest BCUT2D eigenvalue weighted by atomic mass is 10.1. The van der Waals surface area contributed by atoms with Crippen LogP contribution in [0.5, 0.6) is 0 Å². The molecule has 0 saturated carbocycles. The highest BCUT2D eigenvalue weighted by atomic mass is 16.6. The predicted molar refractivity (Wildman–Crippen MR) is 274 cm³/mol. The van der Waals surface area contributed by atoms with Gasteiger partial charge in [0.2, 0.25) is 0 Å². The fourth-order valence-corrected chi connectivity index (χ4v) is 7.43. The quantitative estimate of drug-likeness (QED) is 0.0199. The molecule has 1 atom stereocenters. The van der Waals surface area contributed by atoms with Crippen LogP contribution in [0.25, 0.3) is 0 Å². The van der Waals surface area contributed by atoms with E-state index in [2.05, 4.69) is 93.7 Å². The third-order valence-corrected chi connectivity index (χ3v) is 11.5. The first-order valence-corrected chi connectivity index (χ1v) is 27.0. The molecule has 0 radical (unpaired) electrons. The van der Waals surface area contributed by atoms with Gasteiger partial charge in [-0.1, -0.05) is 222 Å². The average molecular weight is 893 g/mol. The molecule has 0 spiro atoms. The molecule has 0 aromatic carbocycles. The molecule has 0 aromatic heterocycles. The zero-order valence-corrected chi connectivity index (χ0v) is 42.0. The minimum atomic E-state index is -0.792. The van der Waals surface area contributed by atoms with Crippen molar-refractivity contribution >= 4 is 17.9 Å². The first-order chi connectivity index (χ1) is 31.5. The number of unbranched alkanes of at least 4 members (excludes halogenated alkanes) is 28. The Morgan fingerprint density at radius 2 is 0.625 bits per heavy atom. The maximum Gasteiger partial charge on any atom is 0.306 e. The molecular weight excluding hydrogens is 793 g/mol. The van der Waals surface area contributed by atoms with Crippen LogP contribution in [0.1, 0.15) is 258 Å². The van der Waals surface area contributed by atoms with Crippen LogP contribution in [0.3, 0.4) is 0 Å². The predicted octanol–water partition coefficient (Wildman–Crippen LogP) is 17.8. The smallest absolute Gasteiger partial charge is 0.306 e. The molecule has 0 fully saturated rings. The van der Waals surface area contributed by atoms with E-state index in [4.69, 9.17) is 14.2 Å². The van der Waals surface area contributed by atoms with Crippen molar-refractivity contribution < 1.29 is 28.6 Å². The van der Waals surface area contributed by atoms with Crippen molar-refractivity contribution in [1.82, 2.24) is 0 Å². The van der Waals surface area contributed by atoms with Gasteiger partial charge in [-0.15, -0.1) is 0 Å². The van der Waals surface area contributed by atoms with E-state index >= 15 is 0 Å². The number of hydrogen-bond donors (Lipinski definition) is 0. The second-order valence-electron chi connectivity index (χ2n) is 17.8. The van der Waals surface area contributed by atoms with Crippen molar-refractivity contribution in [2.75, 3.05) is 13.2 Å². The lowest BCUT2D eigenvalue weighted by Crippen LogP contribution is -2.30. The lowest BCUT2D eigenvalue weighted by Gasteiger charge is -2.18. The first kappa shape index (κ1) is 60.9. The summed E-state index contributed by atoms with van der Waals surface area (Å²) < 4.78 is 16.8. The molecule has 1 unspecified atom stereocenters. The first-order valence-electron chi connectivity index (χ1n) is 27.0. The molecule has 0 aliphatic heterocycles. The summed E-state index contributed by atoms with van der Waals surface area (Å²) in [5.41, 5.74) is 0. The van der Waals surface area contributed by atoms with Gasteiger partial charge in [0.15, 0.2) is 6.10 Å². The summed E-state index contributed by atoms with van der Waals surface area (Å²) in [5, 5.41) is 0. The Morgan fingerprint density at radius 1 is 0.328 bits per heavy atom. The van der Waals surface area contributed by atoms with Crippen LogP contribution in [0.2, 0.25) is 0 Å². The lowest BCUT2D eigenvalue weighted by molar-refractivity contribution is -0.167. The van der Waals surface area contributed by atoms with Crippen LogP contribution in [0, 0.1) is 0 Å². The van der Waals surface area contributed by atoms with Crippen LogP contribution in [0.4, 0.5) is 0 Å². The number of allylic oxidation sites excluding steroid dienone is 12. The molecule has 64 heavy (non-hydrogen) atoms. The Bertz CT molecular complexity index is 1210. The maximum atomic E-state index is 12.8. The molecule has 0 aliphatic rings. The molecule has 6 heteroatoms. The number of carbonyl (C=O) groups excluding carboxylic acids is 3. The van der Waals surface area contributed by atoms with Crippen LogP contribution < -0.4 is 0 Å². The molecule has 0 amide bonds. The fourth-order valence-electron chi connectivity index (χ4n) is 7.43. The zero-order valence-electron chi connectivity index (χ0n) is 42.0. The van der Waals surface area contributed by atoms with Gasteiger partial charge < -0.3 is 14.2 Å². The number of ether oxygens (including phenoxy) is 3. The molecule has 0 heterocycles. The van der Waals surface area contributed by atoms with Gasteiger partial charge in [-0.05, 0) is 89.9 Å². The van der Waals surface area contributed by atoms with E-state index in [1.165, 1.54) is 116 Å². The monoisotopic (exact) mass is 893 g/mol. The van der Waals surface area contributed by atoms with Gasteiger partial charge in [0.05, 0.1) is 0 Å². The molecule has 0 aliphatic carbocycles. The third kappa shape index (κ3) is 49.9. The summed E-state index contributed by atoms with van der Waals surface area (Å²) >= 11 is 0. The summed E-state index contributed by atoms with van der Waals surface area (Å²) in [6.45, 7) is 6.46. The Hall–Kier alpha value is -3.15. The molecule has 0 saturated heterocycles. The second kappa shape index (κ2) is 52.5. The van der Waals surface area contributed by atoms with Crippen LogP contribution in [-0.4, -0.2) is 37.2 Å². The van der Waals surface area contributed by atoms with Crippen molar-refractivity contribution in [3.8, 4) is 0 Å². The molecule has 368 valence electrons. The number of rotatable bonds is 48. The van der Waals surface area contributed by atoms with Crippen LogP contribution >= 0.6 is 0 Å². The van der Waals surface area contributed by atoms with Crippen molar-refractivity contribution in [1.29, 1.82) is 0 Å². The van der Waals surface area contributed by atoms with Gasteiger partial charge in [-0.3, -0.25) is 14.4 Å². The van der Waals surface area contributed by atoms with Crippen molar-refractivity contribution in [3.05, 3.63) is 72.9 Å². The standard InChI is InChI=1S/C58H100O6/c1-4-7-10-13-16-19-22-25-27-28-29-31-33-36-39-42-45-48-51-57(60)63-54-55(53-62-56(59)50-47-44-41-38-35-32-24-21-18-15-12-9-6-3)64-58(61)52-49-46-43-40-37-34-30-26-23-20-17-14-11-8-5-2/h9,12,15,18,20-21,23-24,27-29,31,55H,4-8,10-11,13-14,16-17,19,22,25-26,30,32-54H2,1-3H3/b12-9+,18-15+,23-20+,24-21+,28-27+,31-29+. The third-order valence-electron chi connectivity index (χ3n) is 11.5. The van der Waals surface area contributed by atoms with Gasteiger partial charge in [-0.25, -0.2) is 0 Å². The van der Waals surface area contributed by atoms with Gasteiger partial charge in [0.25, 0.3) is 0 Å². The number of hydrogen-bond acceptors (Lipinski definition) is 6. The largest absolute Gasteiger partial charge is 0.462 e. The van der Waals surface area contributed by atoms with Crippen molar-refractivity contribution in [2.24, 2.45) is 0 Å². The zero-order chi connectivity index (χ0) is 46.5. The minimum absolute atomic E-state index is 0.0919. The van der Waals surface area contributed by atoms with Gasteiger partial charge in [0.1, 0.15) is 13.2 Å². The van der Waals surface area contributed by atoms with Crippen LogP contribution in [0.15, 0.2) is 72.9 Å². The van der Waals surface area contributed by atoms with E-state index in [1.807, 2.05) is 0 Å². The Balaban J connectivity index is 4.42. The molecular formula is C58H100O6. The van der Waals surface area contributed by atoms with Gasteiger partial charge in [-0.2, -0.15) is 0 Å². The normalized spacial score (nSPS) is 12.6. The average Bonchev–Trinajstić information content (AvgIpc) is 3.29. The summed E-state index contributed by atoms with van der Waals surface area (Å²) in [6, 6.07) is 0. The van der Waals surface area contributed by atoms with E-state index in [9.17, 15) is 14.4 Å². The van der Waals surface area contributed by atoms with Crippen molar-refractivity contribution in [3.63, 3.8) is 0 Å². The highest BCUT2D eigenvalue weighted by Gasteiger charge is 2.19. The topological polar surface area (TPSA) is 78.9 Å². The maximum absolute atomic E-state index is 12.8. The minimum Gasteiger partial charge on any atom is -0.462 e. The SMILES string of the molecule is CC/C=C/C=C/C=C/CCCCCCCC(=O)OCC(COC(=O)CCCCCCC/C=C/C=C/CCCCCCCCC)OC(=O)CCCCCCCCC/C=C/CCCCCC. The summed E-state index contributed by atoms with van der Waals surface area (Å²) in [4.78, 5) is 38.0. The molecule has 0 rings (SSSR count). The van der Waals surface area contributed by atoms with E-state index in [-0.39, 0.29) is 31.1 Å². The second-order valence-corrected chi connectivity index (χ2v) is 17.8. The number of esters is 3. The highest BCUT2D eigenvalue weighted by molar-refractivity contribution is 5.71. The van der Waals surface area contributed by atoms with Gasteiger partial charge >= 0.3 is 17.9 Å².